The number of likely N-dealkylation sites (tertiary alicyclic amines) is 1. The lowest BCUT2D eigenvalue weighted by atomic mass is 10.0. The van der Waals surface area contributed by atoms with Crippen molar-refractivity contribution in [1.82, 2.24) is 4.90 Å². The van der Waals surface area contributed by atoms with Crippen molar-refractivity contribution in [2.45, 2.75) is 39.3 Å². The number of aliphatic carboxylic acids is 1. The first-order chi connectivity index (χ1) is 8.91. The van der Waals surface area contributed by atoms with Gasteiger partial charge in [0.2, 0.25) is 0 Å². The second kappa shape index (κ2) is 5.29. The zero-order valence-electron chi connectivity index (χ0n) is 11.6. The molecule has 1 fully saturated rings. The summed E-state index contributed by atoms with van der Waals surface area (Å²) < 4.78 is 13.6. The van der Waals surface area contributed by atoms with Gasteiger partial charge in [0, 0.05) is 12.1 Å². The third-order valence-corrected chi connectivity index (χ3v) is 4.30. The van der Waals surface area contributed by atoms with E-state index in [1.807, 2.05) is 19.9 Å². The second-order valence-corrected chi connectivity index (χ2v) is 5.40. The van der Waals surface area contributed by atoms with Crippen molar-refractivity contribution in [1.29, 1.82) is 0 Å². The molecule has 1 N–H and O–H groups in total. The topological polar surface area (TPSA) is 40.5 Å². The number of aryl methyl sites for hydroxylation is 1. The number of rotatable bonds is 3. The predicted molar refractivity (Wildman–Crippen MR) is 71.5 cm³/mol. The van der Waals surface area contributed by atoms with E-state index in [1.54, 1.807) is 19.1 Å². The number of carboxylic acid groups (broad SMARTS) is 1. The Labute approximate surface area is 113 Å². The van der Waals surface area contributed by atoms with Crippen LogP contribution in [0.4, 0.5) is 4.39 Å². The van der Waals surface area contributed by atoms with Crippen LogP contribution in [0.1, 0.15) is 37.4 Å². The van der Waals surface area contributed by atoms with E-state index >= 15 is 0 Å². The highest BCUT2D eigenvalue weighted by Gasteiger charge is 2.38. The van der Waals surface area contributed by atoms with Crippen molar-refractivity contribution in [3.05, 3.63) is 35.1 Å². The standard InChI is InChI=1S/C15H20FNO2/c1-9-4-5-12(8-14(9)16)10(2)17-7-6-13(11(17)3)15(18)19/h4-5,8,10-11,13H,6-7H2,1-3H3,(H,18,19). The smallest absolute Gasteiger partial charge is 0.308 e. The zero-order valence-corrected chi connectivity index (χ0v) is 11.6. The van der Waals surface area contributed by atoms with Gasteiger partial charge in [-0.3, -0.25) is 9.69 Å². The Balaban J connectivity index is 2.18. The van der Waals surface area contributed by atoms with Crippen LogP contribution in [0, 0.1) is 18.7 Å². The van der Waals surface area contributed by atoms with Gasteiger partial charge in [-0.2, -0.15) is 0 Å². The lowest BCUT2D eigenvalue weighted by Gasteiger charge is -2.30. The monoisotopic (exact) mass is 265 g/mol. The van der Waals surface area contributed by atoms with E-state index in [-0.39, 0.29) is 23.8 Å². The predicted octanol–water partition coefficient (Wildman–Crippen LogP) is 2.99. The Morgan fingerprint density at radius 1 is 1.53 bits per heavy atom. The number of hydrogen-bond donors (Lipinski definition) is 1. The van der Waals surface area contributed by atoms with Gasteiger partial charge in [0.1, 0.15) is 5.82 Å². The lowest BCUT2D eigenvalue weighted by Crippen LogP contribution is -2.34. The van der Waals surface area contributed by atoms with Gasteiger partial charge < -0.3 is 5.11 Å². The fourth-order valence-corrected chi connectivity index (χ4v) is 2.90. The maximum absolute atomic E-state index is 13.6. The summed E-state index contributed by atoms with van der Waals surface area (Å²) >= 11 is 0. The van der Waals surface area contributed by atoms with Crippen LogP contribution in [-0.4, -0.2) is 28.6 Å². The van der Waals surface area contributed by atoms with Crippen LogP contribution in [0.25, 0.3) is 0 Å². The van der Waals surface area contributed by atoms with Gasteiger partial charge in [-0.15, -0.1) is 0 Å². The van der Waals surface area contributed by atoms with Crippen LogP contribution >= 0.6 is 0 Å². The molecule has 1 aromatic rings. The molecular weight excluding hydrogens is 245 g/mol. The number of halogens is 1. The minimum atomic E-state index is -0.739. The molecule has 1 heterocycles. The highest BCUT2D eigenvalue weighted by atomic mass is 19.1. The van der Waals surface area contributed by atoms with Crippen molar-refractivity contribution >= 4 is 5.97 Å². The van der Waals surface area contributed by atoms with E-state index in [0.717, 1.165) is 12.1 Å². The quantitative estimate of drug-likeness (QED) is 0.913. The molecule has 0 spiro atoms. The van der Waals surface area contributed by atoms with Crippen molar-refractivity contribution in [2.75, 3.05) is 6.54 Å². The fourth-order valence-electron chi connectivity index (χ4n) is 2.90. The van der Waals surface area contributed by atoms with Crippen LogP contribution in [0.15, 0.2) is 18.2 Å². The molecule has 1 aliphatic heterocycles. The Kier molecular flexibility index (Phi) is 3.90. The van der Waals surface area contributed by atoms with Gasteiger partial charge in [-0.1, -0.05) is 12.1 Å². The van der Waals surface area contributed by atoms with Crippen molar-refractivity contribution in [2.24, 2.45) is 5.92 Å². The molecule has 4 heteroatoms. The van der Waals surface area contributed by atoms with Crippen LogP contribution in [0.5, 0.6) is 0 Å². The largest absolute Gasteiger partial charge is 0.481 e. The molecule has 0 amide bonds. The van der Waals surface area contributed by atoms with Gasteiger partial charge in [0.15, 0.2) is 0 Å². The Bertz CT molecular complexity index is 489. The average Bonchev–Trinajstić information content (AvgIpc) is 2.74. The first kappa shape index (κ1) is 14.0. The van der Waals surface area contributed by atoms with E-state index in [4.69, 9.17) is 5.11 Å². The molecule has 3 atom stereocenters. The molecule has 104 valence electrons. The molecule has 0 saturated carbocycles. The van der Waals surface area contributed by atoms with Gasteiger partial charge >= 0.3 is 5.97 Å². The summed E-state index contributed by atoms with van der Waals surface area (Å²) in [4.78, 5) is 13.3. The first-order valence-electron chi connectivity index (χ1n) is 6.66. The number of nitrogens with zero attached hydrogens (tertiary/aromatic N) is 1. The van der Waals surface area contributed by atoms with E-state index in [2.05, 4.69) is 4.90 Å². The molecule has 3 nitrogen and oxygen atoms in total. The molecule has 0 aromatic heterocycles. The van der Waals surface area contributed by atoms with Crippen molar-refractivity contribution in [3.63, 3.8) is 0 Å². The zero-order chi connectivity index (χ0) is 14.2. The van der Waals surface area contributed by atoms with Crippen molar-refractivity contribution < 1.29 is 14.3 Å². The minimum Gasteiger partial charge on any atom is -0.481 e. The molecule has 0 bridgehead atoms. The molecule has 0 aliphatic carbocycles. The maximum Gasteiger partial charge on any atom is 0.308 e. The molecular formula is C15H20FNO2. The fraction of sp³-hybridized carbons (Fsp3) is 0.533. The van der Waals surface area contributed by atoms with Gasteiger partial charge in [-0.05, 0) is 50.9 Å². The summed E-state index contributed by atoms with van der Waals surface area (Å²) in [6.07, 6.45) is 0.662. The average molecular weight is 265 g/mol. The summed E-state index contributed by atoms with van der Waals surface area (Å²) in [6, 6.07) is 5.27. The molecule has 1 aliphatic rings. The first-order valence-corrected chi connectivity index (χ1v) is 6.66. The Morgan fingerprint density at radius 3 is 2.74 bits per heavy atom. The Morgan fingerprint density at radius 2 is 2.21 bits per heavy atom. The third kappa shape index (κ3) is 2.63. The van der Waals surface area contributed by atoms with E-state index in [0.29, 0.717) is 12.0 Å². The van der Waals surface area contributed by atoms with Crippen LogP contribution in [-0.2, 0) is 4.79 Å². The molecule has 3 unspecified atom stereocenters. The number of hydrogen-bond acceptors (Lipinski definition) is 2. The van der Waals surface area contributed by atoms with E-state index in [9.17, 15) is 9.18 Å². The molecule has 2 rings (SSSR count). The highest BCUT2D eigenvalue weighted by molar-refractivity contribution is 5.71. The summed E-state index contributed by atoms with van der Waals surface area (Å²) in [5.74, 6) is -1.26. The minimum absolute atomic E-state index is 0.0168. The molecule has 19 heavy (non-hydrogen) atoms. The second-order valence-electron chi connectivity index (χ2n) is 5.40. The van der Waals surface area contributed by atoms with Gasteiger partial charge in [0.05, 0.1) is 5.92 Å². The van der Waals surface area contributed by atoms with Gasteiger partial charge in [0.25, 0.3) is 0 Å². The Hall–Kier alpha value is -1.42. The van der Waals surface area contributed by atoms with Crippen LogP contribution < -0.4 is 0 Å². The molecule has 1 aromatic carbocycles. The van der Waals surface area contributed by atoms with E-state index in [1.165, 1.54) is 0 Å². The molecule has 1 saturated heterocycles. The number of carboxylic acids is 1. The summed E-state index contributed by atoms with van der Waals surface area (Å²) in [5, 5.41) is 9.15. The number of benzene rings is 1. The van der Waals surface area contributed by atoms with Crippen LogP contribution in [0.3, 0.4) is 0 Å². The highest BCUT2D eigenvalue weighted by Crippen LogP contribution is 2.33. The summed E-state index contributed by atoms with van der Waals surface area (Å²) in [7, 11) is 0. The normalized spacial score (nSPS) is 25.5. The van der Waals surface area contributed by atoms with Gasteiger partial charge in [-0.25, -0.2) is 4.39 Å². The number of carbonyl (C=O) groups is 1. The summed E-state index contributed by atoms with van der Waals surface area (Å²) in [5.41, 5.74) is 1.54. The summed E-state index contributed by atoms with van der Waals surface area (Å²) in [6.45, 7) is 6.43. The van der Waals surface area contributed by atoms with Crippen molar-refractivity contribution in [3.8, 4) is 0 Å². The molecule has 0 radical (unpaired) electrons. The maximum atomic E-state index is 13.6. The lowest BCUT2D eigenvalue weighted by molar-refractivity contribution is -0.142. The SMILES string of the molecule is Cc1ccc(C(C)N2CCC(C(=O)O)C2C)cc1F. The van der Waals surface area contributed by atoms with E-state index < -0.39 is 5.97 Å². The van der Waals surface area contributed by atoms with Crippen LogP contribution in [0.2, 0.25) is 0 Å². The third-order valence-electron chi connectivity index (χ3n) is 4.30.